The molecule has 1 aliphatic rings. The van der Waals surface area contributed by atoms with Crippen LogP contribution in [0.3, 0.4) is 0 Å². The molecule has 2 amide bonds. The molecule has 4 rings (SSSR count). The minimum absolute atomic E-state index is 0.223. The van der Waals surface area contributed by atoms with Gasteiger partial charge in [0.1, 0.15) is 18.0 Å². The lowest BCUT2D eigenvalue weighted by Gasteiger charge is -2.30. The highest BCUT2D eigenvalue weighted by Gasteiger charge is 2.29. The van der Waals surface area contributed by atoms with Crippen LogP contribution in [0, 0.1) is 0 Å². The van der Waals surface area contributed by atoms with E-state index in [0.29, 0.717) is 19.5 Å². The van der Waals surface area contributed by atoms with Gasteiger partial charge in [-0.3, -0.25) is 9.59 Å². The van der Waals surface area contributed by atoms with Crippen molar-refractivity contribution >= 4 is 11.8 Å². The molecule has 2 atom stereocenters. The third-order valence-electron chi connectivity index (χ3n) is 6.30. The zero-order chi connectivity index (χ0) is 24.8. The first kappa shape index (κ1) is 24.4. The quantitative estimate of drug-likeness (QED) is 0.466. The number of benzene rings is 3. The van der Waals surface area contributed by atoms with Crippen molar-refractivity contribution in [2.24, 2.45) is 0 Å². The van der Waals surface area contributed by atoms with Crippen LogP contribution in [0.25, 0.3) is 11.1 Å². The molecule has 3 aromatic carbocycles. The fourth-order valence-electron chi connectivity index (χ4n) is 4.24. The molecule has 1 aliphatic heterocycles. The molecular weight excluding hydrogens is 444 g/mol. The van der Waals surface area contributed by atoms with Crippen molar-refractivity contribution < 1.29 is 24.5 Å². The van der Waals surface area contributed by atoms with Gasteiger partial charge < -0.3 is 25.2 Å². The maximum Gasteiger partial charge on any atom is 0.251 e. The molecule has 3 aromatic rings. The molecule has 182 valence electrons. The number of hydrogen-bond acceptors (Lipinski definition) is 5. The van der Waals surface area contributed by atoms with E-state index in [1.807, 2.05) is 72.8 Å². The number of nitrogens with zero attached hydrogens (tertiary/aromatic N) is 1. The van der Waals surface area contributed by atoms with Gasteiger partial charge in [0, 0.05) is 26.1 Å². The summed E-state index contributed by atoms with van der Waals surface area (Å²) < 4.78 is 5.27. The van der Waals surface area contributed by atoms with Gasteiger partial charge in [0.25, 0.3) is 5.91 Å². The van der Waals surface area contributed by atoms with Crippen LogP contribution in [0.1, 0.15) is 23.1 Å². The number of carbonyl (C=O) groups excluding carboxylic acids is 2. The number of hydrogen-bond donors (Lipinski definition) is 3. The molecule has 7 nitrogen and oxygen atoms in total. The lowest BCUT2D eigenvalue weighted by atomic mass is 9.99. The highest BCUT2D eigenvalue weighted by Crippen LogP contribution is 2.24. The molecular formula is C28H30N2O5. The molecule has 0 aromatic heterocycles. The van der Waals surface area contributed by atoms with E-state index in [1.165, 1.54) is 5.56 Å². The molecule has 3 N–H and O–H groups in total. The maximum absolute atomic E-state index is 12.7. The second-order valence-corrected chi connectivity index (χ2v) is 8.69. The zero-order valence-electron chi connectivity index (χ0n) is 19.7. The average molecular weight is 475 g/mol. The predicted octanol–water partition coefficient (Wildman–Crippen LogP) is 2.68. The van der Waals surface area contributed by atoms with Gasteiger partial charge >= 0.3 is 0 Å². The monoisotopic (exact) mass is 474 g/mol. The van der Waals surface area contributed by atoms with Crippen molar-refractivity contribution in [3.63, 3.8) is 0 Å². The van der Waals surface area contributed by atoms with Crippen molar-refractivity contribution in [3.8, 4) is 16.9 Å². The van der Waals surface area contributed by atoms with Gasteiger partial charge in [-0.05, 0) is 46.4 Å². The molecule has 0 bridgehead atoms. The first-order chi connectivity index (χ1) is 16.9. The fraction of sp³-hybridized carbons (Fsp3) is 0.286. The Kier molecular flexibility index (Phi) is 7.80. The average Bonchev–Trinajstić information content (AvgIpc) is 2.91. The number of ether oxygens (including phenoxy) is 1. The van der Waals surface area contributed by atoms with E-state index in [0.717, 1.165) is 28.0 Å². The van der Waals surface area contributed by atoms with E-state index >= 15 is 0 Å². The molecule has 0 saturated carbocycles. The van der Waals surface area contributed by atoms with E-state index < -0.39 is 24.0 Å². The summed E-state index contributed by atoms with van der Waals surface area (Å²) in [5.74, 6) is -0.323. The van der Waals surface area contributed by atoms with Crippen molar-refractivity contribution in [2.75, 3.05) is 13.7 Å². The molecule has 7 heteroatoms. The summed E-state index contributed by atoms with van der Waals surface area (Å²) in [6.07, 6.45) is -2.56. The number of methoxy groups -OCH3 is 1. The minimum atomic E-state index is -1.48. The standard InChI is InChI=1S/C28H30N2O5/c1-35-24-8-4-7-22(15-24)21-11-9-19(10-12-21)17-29-27(33)25(31)16-26(32)28(34)30-14-13-20-5-2-3-6-23(20)18-30/h2-12,15,25-26,31-32H,13-14,16-18H2,1H3,(H,29,33). The highest BCUT2D eigenvalue weighted by atomic mass is 16.5. The Hall–Kier alpha value is -3.68. The fourth-order valence-corrected chi connectivity index (χ4v) is 4.24. The maximum atomic E-state index is 12.7. The van der Waals surface area contributed by atoms with Crippen LogP contribution in [-0.4, -0.2) is 52.8 Å². The Morgan fingerprint density at radius 2 is 1.69 bits per heavy atom. The van der Waals surface area contributed by atoms with Crippen molar-refractivity contribution in [1.29, 1.82) is 0 Å². The summed E-state index contributed by atoms with van der Waals surface area (Å²) in [5.41, 5.74) is 5.14. The molecule has 2 unspecified atom stereocenters. The Labute approximate surface area is 205 Å². The summed E-state index contributed by atoms with van der Waals surface area (Å²) in [6, 6.07) is 23.3. The molecule has 0 spiro atoms. The van der Waals surface area contributed by atoms with E-state index in [4.69, 9.17) is 4.74 Å². The SMILES string of the molecule is COc1cccc(-c2ccc(CNC(=O)C(O)CC(O)C(=O)N3CCc4ccccc4C3)cc2)c1. The topological polar surface area (TPSA) is 99.1 Å². The number of fused-ring (bicyclic) bond motifs is 1. The van der Waals surface area contributed by atoms with Gasteiger partial charge in [0.15, 0.2) is 0 Å². The van der Waals surface area contributed by atoms with Gasteiger partial charge in [-0.15, -0.1) is 0 Å². The van der Waals surface area contributed by atoms with Gasteiger partial charge in [-0.2, -0.15) is 0 Å². The van der Waals surface area contributed by atoms with E-state index in [1.54, 1.807) is 12.0 Å². The van der Waals surface area contributed by atoms with E-state index in [2.05, 4.69) is 5.32 Å². The van der Waals surface area contributed by atoms with Crippen molar-refractivity contribution in [1.82, 2.24) is 10.2 Å². The van der Waals surface area contributed by atoms with E-state index in [9.17, 15) is 19.8 Å². The Morgan fingerprint density at radius 1 is 0.943 bits per heavy atom. The Bertz CT molecular complexity index is 1180. The number of rotatable bonds is 8. The summed E-state index contributed by atoms with van der Waals surface area (Å²) >= 11 is 0. The first-order valence-corrected chi connectivity index (χ1v) is 11.7. The van der Waals surface area contributed by atoms with Crippen LogP contribution >= 0.6 is 0 Å². The van der Waals surface area contributed by atoms with Crippen LogP contribution in [0.4, 0.5) is 0 Å². The lowest BCUT2D eigenvalue weighted by molar-refractivity contribution is -0.144. The lowest BCUT2D eigenvalue weighted by Crippen LogP contribution is -2.45. The highest BCUT2D eigenvalue weighted by molar-refractivity contribution is 5.84. The smallest absolute Gasteiger partial charge is 0.251 e. The predicted molar refractivity (Wildman–Crippen MR) is 132 cm³/mol. The van der Waals surface area contributed by atoms with E-state index in [-0.39, 0.29) is 13.0 Å². The van der Waals surface area contributed by atoms with Gasteiger partial charge in [-0.1, -0.05) is 60.7 Å². The van der Waals surface area contributed by atoms with Crippen LogP contribution in [0.5, 0.6) is 5.75 Å². The first-order valence-electron chi connectivity index (χ1n) is 11.7. The van der Waals surface area contributed by atoms with Gasteiger partial charge in [-0.25, -0.2) is 0 Å². The van der Waals surface area contributed by atoms with Crippen LogP contribution in [0.15, 0.2) is 72.8 Å². The third kappa shape index (κ3) is 6.07. The molecule has 0 fully saturated rings. The van der Waals surface area contributed by atoms with Crippen molar-refractivity contribution in [3.05, 3.63) is 89.5 Å². The summed E-state index contributed by atoms with van der Waals surface area (Å²) in [4.78, 5) is 26.6. The summed E-state index contributed by atoms with van der Waals surface area (Å²) in [6.45, 7) is 1.14. The third-order valence-corrected chi connectivity index (χ3v) is 6.30. The van der Waals surface area contributed by atoms with Crippen LogP contribution < -0.4 is 10.1 Å². The second kappa shape index (κ2) is 11.2. The zero-order valence-corrected chi connectivity index (χ0v) is 19.7. The largest absolute Gasteiger partial charge is 0.497 e. The Balaban J connectivity index is 1.26. The van der Waals surface area contributed by atoms with Crippen LogP contribution in [0.2, 0.25) is 0 Å². The number of aliphatic hydroxyl groups excluding tert-OH is 2. The van der Waals surface area contributed by atoms with Gasteiger partial charge in [0.05, 0.1) is 7.11 Å². The summed E-state index contributed by atoms with van der Waals surface area (Å²) in [5, 5.41) is 23.3. The minimum Gasteiger partial charge on any atom is -0.497 e. The molecule has 35 heavy (non-hydrogen) atoms. The molecule has 0 aliphatic carbocycles. The van der Waals surface area contributed by atoms with Crippen LogP contribution in [-0.2, 0) is 29.1 Å². The number of amides is 2. The molecule has 1 heterocycles. The summed E-state index contributed by atoms with van der Waals surface area (Å²) in [7, 11) is 1.63. The number of aliphatic hydroxyl groups is 2. The second-order valence-electron chi connectivity index (χ2n) is 8.69. The number of carbonyl (C=O) groups is 2. The Morgan fingerprint density at radius 3 is 2.43 bits per heavy atom. The molecule has 0 radical (unpaired) electrons. The van der Waals surface area contributed by atoms with Crippen molar-refractivity contribution in [2.45, 2.75) is 38.1 Å². The van der Waals surface area contributed by atoms with Gasteiger partial charge in [0.2, 0.25) is 5.91 Å². The normalized spacial score (nSPS) is 14.5. The number of nitrogens with one attached hydrogen (secondary N) is 1. The molecule has 0 saturated heterocycles.